The van der Waals surface area contributed by atoms with Crippen LogP contribution < -0.4 is 15.4 Å². The van der Waals surface area contributed by atoms with Crippen LogP contribution in [0.3, 0.4) is 0 Å². The van der Waals surface area contributed by atoms with Crippen molar-refractivity contribution in [3.63, 3.8) is 0 Å². The van der Waals surface area contributed by atoms with Crippen LogP contribution in [0.2, 0.25) is 0 Å². The van der Waals surface area contributed by atoms with E-state index in [0.29, 0.717) is 11.4 Å². The molecule has 0 radical (unpaired) electrons. The summed E-state index contributed by atoms with van der Waals surface area (Å²) in [5.41, 5.74) is 7.46. The lowest BCUT2D eigenvalue weighted by molar-refractivity contribution is 0.417. The number of benzene rings is 1. The fourth-order valence-corrected chi connectivity index (χ4v) is 1.43. The molecule has 0 atom stereocenters. The second-order valence-corrected chi connectivity index (χ2v) is 4.25. The van der Waals surface area contributed by atoms with Crippen molar-refractivity contribution in [2.24, 2.45) is 0 Å². The molecule has 0 aliphatic heterocycles. The van der Waals surface area contributed by atoms with Gasteiger partial charge in [-0.05, 0) is 23.9 Å². The molecule has 16 heavy (non-hydrogen) atoms. The van der Waals surface area contributed by atoms with Gasteiger partial charge in [0, 0.05) is 38.9 Å². The van der Waals surface area contributed by atoms with E-state index in [-0.39, 0.29) is 0 Å². The van der Waals surface area contributed by atoms with Crippen molar-refractivity contribution in [1.29, 1.82) is 0 Å². The predicted molar refractivity (Wildman–Crippen MR) is 69.2 cm³/mol. The monoisotopic (exact) mass is 243 g/mol. The number of ether oxygens (including phenoxy) is 1. The van der Waals surface area contributed by atoms with Gasteiger partial charge in [0.25, 0.3) is 0 Å². The zero-order chi connectivity index (χ0) is 12.1. The molecule has 0 saturated carbocycles. The van der Waals surface area contributed by atoms with Gasteiger partial charge in [-0.2, -0.15) is 0 Å². The molecule has 0 unspecified atom stereocenters. The van der Waals surface area contributed by atoms with Gasteiger partial charge in [-0.3, -0.25) is 0 Å². The van der Waals surface area contributed by atoms with Gasteiger partial charge in [0.1, 0.15) is 5.75 Å². The van der Waals surface area contributed by atoms with E-state index in [1.807, 2.05) is 32.3 Å². The molecule has 0 saturated heterocycles. The summed E-state index contributed by atoms with van der Waals surface area (Å²) in [7, 11) is 5.45. The molecule has 5 heteroatoms. The summed E-state index contributed by atoms with van der Waals surface area (Å²) in [5, 5.41) is 0. The van der Waals surface area contributed by atoms with Crippen LogP contribution in [-0.2, 0) is 0 Å². The second-order valence-electron chi connectivity index (χ2n) is 3.68. The van der Waals surface area contributed by atoms with Crippen molar-refractivity contribution in [2.75, 3.05) is 44.9 Å². The van der Waals surface area contributed by atoms with Crippen molar-refractivity contribution in [3.8, 4) is 5.75 Å². The third-order valence-electron chi connectivity index (χ3n) is 2.40. The highest BCUT2D eigenvalue weighted by Gasteiger charge is 2.05. The van der Waals surface area contributed by atoms with E-state index in [9.17, 15) is 0 Å². The summed E-state index contributed by atoms with van der Waals surface area (Å²) in [5.74, 6) is 0.698. The minimum absolute atomic E-state index is 0.647. The first-order valence-corrected chi connectivity index (χ1v) is 5.40. The highest BCUT2D eigenvalue weighted by atomic mass is 35.5. The Morgan fingerprint density at radius 2 is 2.00 bits per heavy atom. The molecule has 0 aliphatic rings. The number of anilines is 2. The van der Waals surface area contributed by atoms with Crippen molar-refractivity contribution in [1.82, 2.24) is 4.42 Å². The maximum atomic E-state index is 5.76. The van der Waals surface area contributed by atoms with E-state index < -0.39 is 0 Å². The van der Waals surface area contributed by atoms with Gasteiger partial charge >= 0.3 is 0 Å². The topological polar surface area (TPSA) is 41.7 Å². The summed E-state index contributed by atoms with van der Waals surface area (Å²) < 4.78 is 6.80. The predicted octanol–water partition coefficient (Wildman–Crippen LogP) is 1.80. The summed E-state index contributed by atoms with van der Waals surface area (Å²) in [4.78, 5) is 2.10. The number of nitrogens with zero attached hydrogens (tertiary/aromatic N) is 2. The summed E-state index contributed by atoms with van der Waals surface area (Å²) in [6, 6.07) is 5.73. The van der Waals surface area contributed by atoms with E-state index in [0.717, 1.165) is 18.8 Å². The van der Waals surface area contributed by atoms with Crippen LogP contribution in [0.1, 0.15) is 0 Å². The van der Waals surface area contributed by atoms with Gasteiger partial charge in [-0.25, -0.2) is 4.42 Å². The molecule has 0 aromatic heterocycles. The van der Waals surface area contributed by atoms with Crippen LogP contribution in [0, 0.1) is 0 Å². The molecule has 1 aromatic rings. The maximum absolute atomic E-state index is 5.76. The Balaban J connectivity index is 2.72. The van der Waals surface area contributed by atoms with Gasteiger partial charge in [0.15, 0.2) is 0 Å². The smallest absolute Gasteiger partial charge is 0.143 e. The normalized spacial score (nSPS) is 10.6. The van der Waals surface area contributed by atoms with E-state index >= 15 is 0 Å². The third kappa shape index (κ3) is 3.47. The largest absolute Gasteiger partial charge is 0.495 e. The van der Waals surface area contributed by atoms with Crippen LogP contribution in [0.5, 0.6) is 5.75 Å². The van der Waals surface area contributed by atoms with Gasteiger partial charge in [-0.1, -0.05) is 0 Å². The average molecular weight is 244 g/mol. The minimum atomic E-state index is 0.647. The zero-order valence-corrected chi connectivity index (χ0v) is 10.7. The lowest BCUT2D eigenvalue weighted by Crippen LogP contribution is -2.26. The molecular weight excluding hydrogens is 226 g/mol. The van der Waals surface area contributed by atoms with Crippen LogP contribution in [0.25, 0.3) is 0 Å². The Morgan fingerprint density at radius 3 is 2.56 bits per heavy atom. The fourth-order valence-electron chi connectivity index (χ4n) is 1.35. The van der Waals surface area contributed by atoms with Crippen molar-refractivity contribution < 1.29 is 4.74 Å². The van der Waals surface area contributed by atoms with Gasteiger partial charge < -0.3 is 15.4 Å². The average Bonchev–Trinajstić information content (AvgIpc) is 2.26. The molecule has 1 aromatic carbocycles. The van der Waals surface area contributed by atoms with Crippen LogP contribution in [0.4, 0.5) is 11.4 Å². The Morgan fingerprint density at radius 1 is 1.31 bits per heavy atom. The molecule has 90 valence electrons. The number of hydrogen-bond acceptors (Lipinski definition) is 4. The van der Waals surface area contributed by atoms with E-state index in [1.165, 1.54) is 0 Å². The van der Waals surface area contributed by atoms with Crippen molar-refractivity contribution in [2.45, 2.75) is 0 Å². The highest BCUT2D eigenvalue weighted by Crippen LogP contribution is 2.26. The SMILES string of the molecule is COc1cc(N(C)CCN(C)Cl)ccc1N. The Bertz CT molecular complexity index is 344. The van der Waals surface area contributed by atoms with E-state index in [1.54, 1.807) is 11.5 Å². The van der Waals surface area contributed by atoms with Crippen LogP contribution in [-0.4, -0.2) is 38.7 Å². The Kier molecular flexibility index (Phi) is 4.71. The highest BCUT2D eigenvalue weighted by molar-refractivity contribution is 6.13. The molecule has 0 aliphatic carbocycles. The lowest BCUT2D eigenvalue weighted by Gasteiger charge is -2.21. The van der Waals surface area contributed by atoms with Gasteiger partial charge in [0.2, 0.25) is 0 Å². The van der Waals surface area contributed by atoms with E-state index in [4.69, 9.17) is 22.2 Å². The second kappa shape index (κ2) is 5.82. The zero-order valence-electron chi connectivity index (χ0n) is 9.90. The molecule has 0 bridgehead atoms. The summed E-state index contributed by atoms with van der Waals surface area (Å²) in [6.45, 7) is 1.62. The lowest BCUT2D eigenvalue weighted by atomic mass is 10.2. The molecule has 0 fully saturated rings. The first kappa shape index (κ1) is 12.9. The van der Waals surface area contributed by atoms with Crippen molar-refractivity contribution >= 4 is 23.2 Å². The van der Waals surface area contributed by atoms with E-state index in [2.05, 4.69) is 4.90 Å². The maximum Gasteiger partial charge on any atom is 0.143 e. The number of methoxy groups -OCH3 is 1. The van der Waals surface area contributed by atoms with Crippen molar-refractivity contribution in [3.05, 3.63) is 18.2 Å². The summed E-state index contributed by atoms with van der Waals surface area (Å²) in [6.07, 6.45) is 0. The number of nitrogen functional groups attached to an aromatic ring is 1. The molecule has 0 heterocycles. The minimum Gasteiger partial charge on any atom is -0.495 e. The molecule has 0 amide bonds. The molecule has 2 N–H and O–H groups in total. The number of rotatable bonds is 5. The fraction of sp³-hybridized carbons (Fsp3) is 0.455. The summed E-state index contributed by atoms with van der Waals surface area (Å²) >= 11 is 5.76. The number of nitrogens with two attached hydrogens (primary N) is 1. The van der Waals surface area contributed by atoms with Crippen LogP contribution in [0.15, 0.2) is 18.2 Å². The number of halogens is 1. The first-order chi connectivity index (χ1) is 7.54. The van der Waals surface area contributed by atoms with Gasteiger partial charge in [0.05, 0.1) is 12.8 Å². The van der Waals surface area contributed by atoms with Gasteiger partial charge in [-0.15, -0.1) is 0 Å². The Labute approximate surface area is 102 Å². The Hall–Kier alpha value is -1.13. The molecule has 4 nitrogen and oxygen atoms in total. The third-order valence-corrected chi connectivity index (χ3v) is 2.57. The molecule has 0 spiro atoms. The quantitative estimate of drug-likeness (QED) is 0.633. The molecular formula is C11H18ClN3O. The van der Waals surface area contributed by atoms with Crippen LogP contribution >= 0.6 is 11.8 Å². The molecule has 1 rings (SSSR count). The number of hydrogen-bond donors (Lipinski definition) is 1. The number of likely N-dealkylation sites (N-methyl/N-ethyl adjacent to an activating group) is 2. The standard InChI is InChI=1S/C11H18ClN3O/c1-14(6-7-15(2)12)9-4-5-10(13)11(8-9)16-3/h4-5,8H,6-7,13H2,1-3H3. The first-order valence-electron chi connectivity index (χ1n) is 5.06.